The average molecular weight is 297 g/mol. The van der Waals surface area contributed by atoms with Crippen molar-refractivity contribution in [3.63, 3.8) is 0 Å². The van der Waals surface area contributed by atoms with Crippen LogP contribution in [-0.2, 0) is 6.54 Å². The number of rotatable bonds is 7. The summed E-state index contributed by atoms with van der Waals surface area (Å²) in [6.45, 7) is 9.12. The van der Waals surface area contributed by atoms with Crippen LogP contribution in [0.15, 0.2) is 29.3 Å². The van der Waals surface area contributed by atoms with Gasteiger partial charge in [-0.2, -0.15) is 0 Å². The quantitative estimate of drug-likeness (QED) is 0.599. The first-order chi connectivity index (χ1) is 9.69. The van der Waals surface area contributed by atoms with Crippen molar-refractivity contribution in [2.45, 2.75) is 20.4 Å². The fourth-order valence-corrected chi connectivity index (χ4v) is 2.14. The van der Waals surface area contributed by atoms with E-state index in [4.69, 9.17) is 11.6 Å². The largest absolute Gasteiger partial charge is 0.355 e. The van der Waals surface area contributed by atoms with Crippen LogP contribution in [0.25, 0.3) is 0 Å². The van der Waals surface area contributed by atoms with E-state index in [9.17, 15) is 0 Å². The Morgan fingerprint density at radius 1 is 1.25 bits per heavy atom. The molecule has 0 saturated heterocycles. The van der Waals surface area contributed by atoms with Crippen LogP contribution < -0.4 is 10.6 Å². The third-order valence-corrected chi connectivity index (χ3v) is 3.42. The summed E-state index contributed by atoms with van der Waals surface area (Å²) in [4.78, 5) is 6.59. The molecule has 0 atom stereocenters. The molecule has 1 aromatic carbocycles. The lowest BCUT2D eigenvalue weighted by atomic mass is 10.2. The molecule has 4 nitrogen and oxygen atoms in total. The molecule has 2 N–H and O–H groups in total. The van der Waals surface area contributed by atoms with Crippen LogP contribution in [0.2, 0.25) is 5.02 Å². The number of nitrogens with zero attached hydrogens (tertiary/aromatic N) is 2. The van der Waals surface area contributed by atoms with E-state index >= 15 is 0 Å². The molecule has 0 spiro atoms. The van der Waals surface area contributed by atoms with Gasteiger partial charge in [-0.1, -0.05) is 37.6 Å². The Kier molecular flexibility index (Phi) is 8.07. The topological polar surface area (TPSA) is 39.7 Å². The fourth-order valence-electron chi connectivity index (χ4n) is 1.93. The minimum Gasteiger partial charge on any atom is -0.355 e. The molecule has 0 aromatic heterocycles. The summed E-state index contributed by atoms with van der Waals surface area (Å²) in [7, 11) is 1.78. The van der Waals surface area contributed by atoms with Gasteiger partial charge in [0, 0.05) is 31.7 Å². The van der Waals surface area contributed by atoms with Crippen LogP contribution in [0.4, 0.5) is 0 Å². The normalized spacial score (nSPS) is 11.8. The maximum Gasteiger partial charge on any atom is 0.191 e. The molecular weight excluding hydrogens is 272 g/mol. The summed E-state index contributed by atoms with van der Waals surface area (Å²) in [5.74, 6) is 0.817. The Balaban J connectivity index is 2.33. The van der Waals surface area contributed by atoms with E-state index in [-0.39, 0.29) is 0 Å². The number of likely N-dealkylation sites (N-methyl/N-ethyl adjacent to an activating group) is 1. The summed E-state index contributed by atoms with van der Waals surface area (Å²) in [6, 6.07) is 7.83. The summed E-state index contributed by atoms with van der Waals surface area (Å²) >= 11 is 5.97. The average Bonchev–Trinajstić information content (AvgIpc) is 2.47. The molecule has 0 aliphatic rings. The van der Waals surface area contributed by atoms with E-state index < -0.39 is 0 Å². The third kappa shape index (κ3) is 6.26. The molecule has 0 fully saturated rings. The molecule has 0 unspecified atom stereocenters. The molecule has 0 bridgehead atoms. The predicted octanol–water partition coefficient (Wildman–Crippen LogP) is 2.35. The molecule has 0 saturated carbocycles. The maximum atomic E-state index is 5.97. The van der Waals surface area contributed by atoms with Gasteiger partial charge < -0.3 is 15.5 Å². The van der Waals surface area contributed by atoms with E-state index in [1.165, 1.54) is 0 Å². The lowest BCUT2D eigenvalue weighted by Crippen LogP contribution is -2.41. The van der Waals surface area contributed by atoms with Crippen molar-refractivity contribution in [2.24, 2.45) is 4.99 Å². The van der Waals surface area contributed by atoms with Gasteiger partial charge in [0.15, 0.2) is 5.96 Å². The second kappa shape index (κ2) is 9.61. The molecule has 0 aliphatic carbocycles. The minimum absolute atomic E-state index is 0.714. The highest BCUT2D eigenvalue weighted by Crippen LogP contribution is 2.10. The van der Waals surface area contributed by atoms with Gasteiger partial charge in [-0.05, 0) is 30.8 Å². The van der Waals surface area contributed by atoms with E-state index in [0.29, 0.717) is 6.54 Å². The lowest BCUT2D eigenvalue weighted by molar-refractivity contribution is 0.308. The number of hydrogen-bond acceptors (Lipinski definition) is 2. The summed E-state index contributed by atoms with van der Waals surface area (Å²) < 4.78 is 0. The van der Waals surface area contributed by atoms with Crippen LogP contribution in [-0.4, -0.2) is 44.1 Å². The predicted molar refractivity (Wildman–Crippen MR) is 87.4 cm³/mol. The SMILES string of the molecule is CCN(CC)CCNC(=NC)NCc1cccc(Cl)c1. The van der Waals surface area contributed by atoms with Gasteiger partial charge in [-0.15, -0.1) is 0 Å². The molecule has 0 radical (unpaired) electrons. The number of benzene rings is 1. The first kappa shape index (κ1) is 16.8. The molecule has 1 aromatic rings. The van der Waals surface area contributed by atoms with Crippen LogP contribution in [0.1, 0.15) is 19.4 Å². The van der Waals surface area contributed by atoms with E-state index in [1.54, 1.807) is 7.05 Å². The Morgan fingerprint density at radius 2 is 2.00 bits per heavy atom. The molecule has 0 heterocycles. The fraction of sp³-hybridized carbons (Fsp3) is 0.533. The highest BCUT2D eigenvalue weighted by atomic mass is 35.5. The van der Waals surface area contributed by atoms with Crippen molar-refractivity contribution in [2.75, 3.05) is 33.2 Å². The summed E-state index contributed by atoms with van der Waals surface area (Å²) in [6.07, 6.45) is 0. The maximum absolute atomic E-state index is 5.97. The molecule has 112 valence electrons. The third-order valence-electron chi connectivity index (χ3n) is 3.19. The van der Waals surface area contributed by atoms with Gasteiger partial charge in [-0.25, -0.2) is 0 Å². The van der Waals surface area contributed by atoms with E-state index in [0.717, 1.165) is 42.7 Å². The Labute approximate surface area is 127 Å². The monoisotopic (exact) mass is 296 g/mol. The highest BCUT2D eigenvalue weighted by Gasteiger charge is 2.01. The van der Waals surface area contributed by atoms with E-state index in [2.05, 4.69) is 34.4 Å². The van der Waals surface area contributed by atoms with Gasteiger partial charge in [0.25, 0.3) is 0 Å². The van der Waals surface area contributed by atoms with Crippen molar-refractivity contribution in [3.8, 4) is 0 Å². The van der Waals surface area contributed by atoms with Gasteiger partial charge >= 0.3 is 0 Å². The van der Waals surface area contributed by atoms with Crippen molar-refractivity contribution >= 4 is 17.6 Å². The molecular formula is C15H25ClN4. The Bertz CT molecular complexity index is 416. The zero-order valence-electron chi connectivity index (χ0n) is 12.6. The molecule has 5 heteroatoms. The lowest BCUT2D eigenvalue weighted by Gasteiger charge is -2.19. The molecule has 20 heavy (non-hydrogen) atoms. The van der Waals surface area contributed by atoms with Crippen LogP contribution in [0.3, 0.4) is 0 Å². The number of guanidine groups is 1. The Morgan fingerprint density at radius 3 is 2.60 bits per heavy atom. The standard InChI is InChI=1S/C15H25ClN4/c1-4-20(5-2)10-9-18-15(17-3)19-12-13-7-6-8-14(16)11-13/h6-8,11H,4-5,9-10,12H2,1-3H3,(H2,17,18,19). The number of nitrogens with one attached hydrogen (secondary N) is 2. The van der Waals surface area contributed by atoms with Gasteiger partial charge in [0.05, 0.1) is 0 Å². The Hall–Kier alpha value is -1.26. The van der Waals surface area contributed by atoms with Gasteiger partial charge in [-0.3, -0.25) is 4.99 Å². The smallest absolute Gasteiger partial charge is 0.191 e. The number of hydrogen-bond donors (Lipinski definition) is 2. The second-order valence-corrected chi connectivity index (χ2v) is 4.95. The van der Waals surface area contributed by atoms with Crippen molar-refractivity contribution in [3.05, 3.63) is 34.9 Å². The van der Waals surface area contributed by atoms with E-state index in [1.807, 2.05) is 24.3 Å². The first-order valence-electron chi connectivity index (χ1n) is 7.10. The second-order valence-electron chi connectivity index (χ2n) is 4.51. The van der Waals surface area contributed by atoms with Crippen LogP contribution >= 0.6 is 11.6 Å². The zero-order chi connectivity index (χ0) is 14.8. The highest BCUT2D eigenvalue weighted by molar-refractivity contribution is 6.30. The van der Waals surface area contributed by atoms with Crippen LogP contribution in [0.5, 0.6) is 0 Å². The molecule has 1 rings (SSSR count). The first-order valence-corrected chi connectivity index (χ1v) is 7.48. The van der Waals surface area contributed by atoms with Gasteiger partial charge in [0.1, 0.15) is 0 Å². The minimum atomic E-state index is 0.714. The summed E-state index contributed by atoms with van der Waals surface area (Å²) in [5, 5.41) is 7.36. The zero-order valence-corrected chi connectivity index (χ0v) is 13.4. The number of aliphatic imine (C=N–C) groups is 1. The summed E-state index contributed by atoms with van der Waals surface area (Å²) in [5.41, 5.74) is 1.14. The molecule has 0 amide bonds. The van der Waals surface area contributed by atoms with Crippen molar-refractivity contribution in [1.29, 1.82) is 0 Å². The molecule has 0 aliphatic heterocycles. The van der Waals surface area contributed by atoms with Crippen LogP contribution in [0, 0.1) is 0 Å². The number of halogens is 1. The van der Waals surface area contributed by atoms with Gasteiger partial charge in [0.2, 0.25) is 0 Å². The van der Waals surface area contributed by atoms with Crippen molar-refractivity contribution in [1.82, 2.24) is 15.5 Å². The van der Waals surface area contributed by atoms with Crippen molar-refractivity contribution < 1.29 is 0 Å².